The molecule has 0 saturated carbocycles. The first-order valence-electron chi connectivity index (χ1n) is 4.14. The minimum atomic E-state index is -0.143. The number of ether oxygens (including phenoxy) is 4. The molecular weight excluding hydrogens is 224 g/mol. The highest BCUT2D eigenvalue weighted by Gasteiger charge is 2.08. The van der Waals surface area contributed by atoms with Gasteiger partial charge in [0.1, 0.15) is 0 Å². The minimum Gasteiger partial charge on any atom is -0.355 e. The van der Waals surface area contributed by atoms with Gasteiger partial charge >= 0.3 is 0 Å². The summed E-state index contributed by atoms with van der Waals surface area (Å²) in [5.74, 6) is 1.58. The van der Waals surface area contributed by atoms with Gasteiger partial charge in [-0.15, -0.1) is 0 Å². The monoisotopic (exact) mass is 242 g/mol. The third kappa shape index (κ3) is 6.92. The van der Waals surface area contributed by atoms with Crippen molar-refractivity contribution in [1.29, 1.82) is 0 Å². The minimum absolute atomic E-state index is 0.143. The Morgan fingerprint density at radius 1 is 0.714 bits per heavy atom. The molecule has 0 spiro atoms. The lowest BCUT2D eigenvalue weighted by Gasteiger charge is -2.14. The molecule has 0 fully saturated rings. The molecule has 0 aromatic carbocycles. The predicted molar refractivity (Wildman–Crippen MR) is 60.5 cm³/mol. The van der Waals surface area contributed by atoms with E-state index in [9.17, 15) is 0 Å². The van der Waals surface area contributed by atoms with E-state index in [-0.39, 0.29) is 12.6 Å². The summed E-state index contributed by atoms with van der Waals surface area (Å²) in [4.78, 5) is 0. The van der Waals surface area contributed by atoms with Crippen molar-refractivity contribution in [3.63, 3.8) is 0 Å². The molecule has 14 heavy (non-hydrogen) atoms. The molecule has 0 amide bonds. The SMILES string of the molecule is COC(CSSCC(OC)OC)OC. The quantitative estimate of drug-likeness (QED) is 0.347. The van der Waals surface area contributed by atoms with Crippen molar-refractivity contribution in [3.8, 4) is 0 Å². The van der Waals surface area contributed by atoms with Gasteiger partial charge in [0.2, 0.25) is 0 Å². The molecule has 0 saturated heterocycles. The van der Waals surface area contributed by atoms with E-state index in [1.54, 1.807) is 50.0 Å². The lowest BCUT2D eigenvalue weighted by atomic mass is 10.7. The van der Waals surface area contributed by atoms with Crippen molar-refractivity contribution in [2.24, 2.45) is 0 Å². The van der Waals surface area contributed by atoms with Gasteiger partial charge < -0.3 is 18.9 Å². The highest BCUT2D eigenvalue weighted by Crippen LogP contribution is 2.24. The molecule has 4 nitrogen and oxygen atoms in total. The maximum atomic E-state index is 5.04. The van der Waals surface area contributed by atoms with Crippen LogP contribution in [0.4, 0.5) is 0 Å². The maximum absolute atomic E-state index is 5.04. The van der Waals surface area contributed by atoms with Gasteiger partial charge in [0.15, 0.2) is 12.6 Å². The van der Waals surface area contributed by atoms with Crippen LogP contribution in [-0.4, -0.2) is 52.5 Å². The fourth-order valence-corrected chi connectivity index (χ4v) is 2.87. The van der Waals surface area contributed by atoms with Crippen molar-refractivity contribution < 1.29 is 18.9 Å². The van der Waals surface area contributed by atoms with E-state index in [4.69, 9.17) is 18.9 Å². The summed E-state index contributed by atoms with van der Waals surface area (Å²) in [5.41, 5.74) is 0. The topological polar surface area (TPSA) is 36.9 Å². The Hall–Kier alpha value is 0.540. The van der Waals surface area contributed by atoms with Gasteiger partial charge in [0, 0.05) is 28.4 Å². The lowest BCUT2D eigenvalue weighted by molar-refractivity contribution is -0.0847. The second kappa shape index (κ2) is 10.1. The second-order valence-corrected chi connectivity index (χ2v) is 4.92. The number of hydrogen-bond donors (Lipinski definition) is 0. The van der Waals surface area contributed by atoms with Crippen molar-refractivity contribution >= 4 is 21.6 Å². The number of hydrogen-bond acceptors (Lipinski definition) is 6. The van der Waals surface area contributed by atoms with Gasteiger partial charge in [-0.25, -0.2) is 0 Å². The van der Waals surface area contributed by atoms with Gasteiger partial charge in [-0.3, -0.25) is 0 Å². The normalized spacial score (nSPS) is 11.6. The molecule has 6 heteroatoms. The molecule has 86 valence electrons. The molecule has 0 bridgehead atoms. The zero-order valence-electron chi connectivity index (χ0n) is 9.02. The Kier molecular flexibility index (Phi) is 10.5. The third-order valence-corrected chi connectivity index (χ3v) is 3.84. The molecule has 0 aliphatic heterocycles. The van der Waals surface area contributed by atoms with Crippen molar-refractivity contribution in [2.75, 3.05) is 39.9 Å². The highest BCUT2D eigenvalue weighted by atomic mass is 33.1. The fourth-order valence-electron chi connectivity index (χ4n) is 0.672. The number of rotatable bonds is 9. The molecule has 0 aromatic rings. The van der Waals surface area contributed by atoms with Crippen molar-refractivity contribution in [3.05, 3.63) is 0 Å². The zero-order valence-corrected chi connectivity index (χ0v) is 10.7. The van der Waals surface area contributed by atoms with Crippen LogP contribution in [0.5, 0.6) is 0 Å². The Morgan fingerprint density at radius 3 is 1.21 bits per heavy atom. The molecule has 0 rings (SSSR count). The summed E-state index contributed by atoms with van der Waals surface area (Å²) < 4.78 is 20.2. The van der Waals surface area contributed by atoms with E-state index >= 15 is 0 Å². The van der Waals surface area contributed by atoms with Crippen LogP contribution in [-0.2, 0) is 18.9 Å². The van der Waals surface area contributed by atoms with Crippen molar-refractivity contribution in [1.82, 2.24) is 0 Å². The summed E-state index contributed by atoms with van der Waals surface area (Å²) in [6.07, 6.45) is -0.285. The van der Waals surface area contributed by atoms with E-state index in [0.29, 0.717) is 0 Å². The Labute approximate surface area is 93.4 Å². The Balaban J connectivity index is 3.35. The summed E-state index contributed by atoms with van der Waals surface area (Å²) in [6.45, 7) is 0. The van der Waals surface area contributed by atoms with E-state index < -0.39 is 0 Å². The second-order valence-electron chi connectivity index (χ2n) is 2.37. The summed E-state index contributed by atoms with van der Waals surface area (Å²) >= 11 is 0. The number of methoxy groups -OCH3 is 4. The molecule has 0 atom stereocenters. The van der Waals surface area contributed by atoms with Crippen LogP contribution in [0, 0.1) is 0 Å². The van der Waals surface area contributed by atoms with E-state index in [2.05, 4.69) is 0 Å². The molecule has 0 unspecified atom stereocenters. The smallest absolute Gasteiger partial charge is 0.166 e. The first-order valence-corrected chi connectivity index (χ1v) is 6.62. The molecule has 0 heterocycles. The molecule has 0 aromatic heterocycles. The van der Waals surface area contributed by atoms with Gasteiger partial charge in [0.05, 0.1) is 11.5 Å². The van der Waals surface area contributed by atoms with Crippen LogP contribution in [0.25, 0.3) is 0 Å². The average Bonchev–Trinajstić information content (AvgIpc) is 2.24. The van der Waals surface area contributed by atoms with Gasteiger partial charge in [-0.05, 0) is 0 Å². The van der Waals surface area contributed by atoms with E-state index in [0.717, 1.165) is 11.5 Å². The molecule has 0 N–H and O–H groups in total. The largest absolute Gasteiger partial charge is 0.355 e. The summed E-state index contributed by atoms with van der Waals surface area (Å²) in [7, 11) is 9.88. The van der Waals surface area contributed by atoms with Gasteiger partial charge in [-0.2, -0.15) is 0 Å². The van der Waals surface area contributed by atoms with Crippen LogP contribution in [0.1, 0.15) is 0 Å². The molecular formula is C8H18O4S2. The van der Waals surface area contributed by atoms with Crippen molar-refractivity contribution in [2.45, 2.75) is 12.6 Å². The summed E-state index contributed by atoms with van der Waals surface area (Å²) in [5, 5.41) is 0. The average molecular weight is 242 g/mol. The summed E-state index contributed by atoms with van der Waals surface area (Å²) in [6, 6.07) is 0. The van der Waals surface area contributed by atoms with Gasteiger partial charge in [0.25, 0.3) is 0 Å². The first kappa shape index (κ1) is 14.5. The van der Waals surface area contributed by atoms with Crippen LogP contribution in [0.3, 0.4) is 0 Å². The third-order valence-electron chi connectivity index (χ3n) is 1.54. The standard InChI is InChI=1S/C8H18O4S2/c1-9-7(10-2)5-13-14-6-8(11-3)12-4/h7-8H,5-6H2,1-4H3. The molecule has 0 aliphatic carbocycles. The fraction of sp³-hybridized carbons (Fsp3) is 1.00. The van der Waals surface area contributed by atoms with Crippen LogP contribution in [0.2, 0.25) is 0 Å². The Bertz CT molecular complexity index is 104. The molecule has 0 radical (unpaired) electrons. The predicted octanol–water partition coefficient (Wildman–Crippen LogP) is 1.61. The Morgan fingerprint density at radius 2 is 1.00 bits per heavy atom. The first-order chi connectivity index (χ1) is 6.78. The lowest BCUT2D eigenvalue weighted by Crippen LogP contribution is -2.17. The van der Waals surface area contributed by atoms with Crippen LogP contribution < -0.4 is 0 Å². The zero-order chi connectivity index (χ0) is 10.8. The van der Waals surface area contributed by atoms with Gasteiger partial charge in [-0.1, -0.05) is 21.6 Å². The van der Waals surface area contributed by atoms with Crippen LogP contribution in [0.15, 0.2) is 0 Å². The maximum Gasteiger partial charge on any atom is 0.166 e. The molecule has 0 aliphatic rings. The van der Waals surface area contributed by atoms with E-state index in [1.807, 2.05) is 0 Å². The van der Waals surface area contributed by atoms with Crippen LogP contribution >= 0.6 is 21.6 Å². The highest BCUT2D eigenvalue weighted by molar-refractivity contribution is 8.76. The van der Waals surface area contributed by atoms with E-state index in [1.165, 1.54) is 0 Å².